The van der Waals surface area contributed by atoms with Crippen molar-refractivity contribution in [3.05, 3.63) is 16.8 Å². The first kappa shape index (κ1) is 14.7. The number of nitrogens with one attached hydrogen (secondary N) is 1. The van der Waals surface area contributed by atoms with Crippen LogP contribution in [-0.2, 0) is 4.74 Å². The molecule has 0 spiro atoms. The van der Waals surface area contributed by atoms with Gasteiger partial charge in [0.2, 0.25) is 0 Å². The van der Waals surface area contributed by atoms with Crippen LogP contribution in [0.5, 0.6) is 0 Å². The molecule has 1 aliphatic rings. The second-order valence-electron chi connectivity index (χ2n) is 5.16. The van der Waals surface area contributed by atoms with Gasteiger partial charge in [-0.25, -0.2) is 0 Å². The SMILES string of the molecule is CCOC1CCN(c2nnc(C)c(C)c2C(=N)N)CC1. The highest BCUT2D eigenvalue weighted by molar-refractivity contribution is 6.01. The van der Waals surface area contributed by atoms with E-state index >= 15 is 0 Å². The van der Waals surface area contributed by atoms with Crippen LogP contribution in [0.1, 0.15) is 36.6 Å². The number of hydrogen-bond donors (Lipinski definition) is 2. The van der Waals surface area contributed by atoms with E-state index in [0.717, 1.165) is 49.6 Å². The highest BCUT2D eigenvalue weighted by Crippen LogP contribution is 2.25. The molecule has 1 aliphatic heterocycles. The molecular formula is C14H23N5O. The van der Waals surface area contributed by atoms with Crippen LogP contribution < -0.4 is 10.6 Å². The van der Waals surface area contributed by atoms with Crippen molar-refractivity contribution in [1.82, 2.24) is 10.2 Å². The van der Waals surface area contributed by atoms with E-state index in [-0.39, 0.29) is 5.84 Å². The molecule has 2 rings (SSSR count). The predicted octanol–water partition coefficient (Wildman–Crippen LogP) is 1.38. The molecule has 3 N–H and O–H groups in total. The molecule has 0 unspecified atom stereocenters. The van der Waals surface area contributed by atoms with Crippen molar-refractivity contribution >= 4 is 11.7 Å². The molecule has 0 atom stereocenters. The van der Waals surface area contributed by atoms with Crippen LogP contribution in [0.25, 0.3) is 0 Å². The first-order chi connectivity index (χ1) is 9.54. The van der Waals surface area contributed by atoms with Gasteiger partial charge in [0.05, 0.1) is 17.4 Å². The molecule has 0 aliphatic carbocycles. The van der Waals surface area contributed by atoms with Crippen LogP contribution in [-0.4, -0.2) is 41.8 Å². The van der Waals surface area contributed by atoms with Gasteiger partial charge in [-0.15, -0.1) is 5.10 Å². The van der Waals surface area contributed by atoms with E-state index in [0.29, 0.717) is 11.7 Å². The minimum atomic E-state index is 0.0578. The van der Waals surface area contributed by atoms with Crippen molar-refractivity contribution in [1.29, 1.82) is 5.41 Å². The maximum Gasteiger partial charge on any atom is 0.162 e. The lowest BCUT2D eigenvalue weighted by Gasteiger charge is -2.33. The number of rotatable bonds is 4. The fraction of sp³-hybridized carbons (Fsp3) is 0.643. The summed E-state index contributed by atoms with van der Waals surface area (Å²) in [6.07, 6.45) is 2.27. The van der Waals surface area contributed by atoms with Crippen LogP contribution in [0.2, 0.25) is 0 Å². The Morgan fingerprint density at radius 1 is 1.35 bits per heavy atom. The van der Waals surface area contributed by atoms with Gasteiger partial charge in [-0.1, -0.05) is 0 Å². The maximum absolute atomic E-state index is 7.80. The number of nitrogens with zero attached hydrogens (tertiary/aromatic N) is 3. The Kier molecular flexibility index (Phi) is 4.54. The van der Waals surface area contributed by atoms with Crippen LogP contribution in [0.4, 0.5) is 5.82 Å². The topological polar surface area (TPSA) is 88.1 Å². The number of nitrogens with two attached hydrogens (primary N) is 1. The first-order valence-electron chi connectivity index (χ1n) is 7.09. The Morgan fingerprint density at radius 2 is 2.00 bits per heavy atom. The van der Waals surface area contributed by atoms with Gasteiger partial charge in [-0.05, 0) is 39.2 Å². The van der Waals surface area contributed by atoms with Gasteiger partial charge in [0.1, 0.15) is 5.84 Å². The number of aromatic nitrogens is 2. The molecule has 0 bridgehead atoms. The third kappa shape index (κ3) is 2.90. The smallest absolute Gasteiger partial charge is 0.162 e. The van der Waals surface area contributed by atoms with Crippen molar-refractivity contribution in [2.75, 3.05) is 24.6 Å². The molecule has 6 nitrogen and oxygen atoms in total. The molecule has 1 fully saturated rings. The van der Waals surface area contributed by atoms with Gasteiger partial charge in [0.15, 0.2) is 5.82 Å². The second-order valence-corrected chi connectivity index (χ2v) is 5.16. The number of nitrogen functional groups attached to an aromatic ring is 1. The molecule has 20 heavy (non-hydrogen) atoms. The number of aryl methyl sites for hydroxylation is 1. The molecule has 2 heterocycles. The lowest BCUT2D eigenvalue weighted by atomic mass is 10.0. The largest absolute Gasteiger partial charge is 0.384 e. The molecule has 110 valence electrons. The molecule has 0 amide bonds. The Morgan fingerprint density at radius 3 is 2.55 bits per heavy atom. The van der Waals surface area contributed by atoms with Crippen LogP contribution in [0, 0.1) is 19.3 Å². The zero-order chi connectivity index (χ0) is 14.7. The zero-order valence-corrected chi connectivity index (χ0v) is 12.4. The molecule has 1 saturated heterocycles. The number of hydrogen-bond acceptors (Lipinski definition) is 5. The van der Waals surface area contributed by atoms with Gasteiger partial charge >= 0.3 is 0 Å². The summed E-state index contributed by atoms with van der Waals surface area (Å²) in [5, 5.41) is 16.2. The summed E-state index contributed by atoms with van der Waals surface area (Å²) < 4.78 is 5.66. The second kappa shape index (κ2) is 6.17. The molecule has 1 aromatic heterocycles. The summed E-state index contributed by atoms with van der Waals surface area (Å²) in [4.78, 5) is 2.16. The third-order valence-corrected chi connectivity index (χ3v) is 3.85. The summed E-state index contributed by atoms with van der Waals surface area (Å²) >= 11 is 0. The quantitative estimate of drug-likeness (QED) is 0.641. The van der Waals surface area contributed by atoms with E-state index in [9.17, 15) is 0 Å². The lowest BCUT2D eigenvalue weighted by molar-refractivity contribution is 0.0458. The number of amidine groups is 1. The summed E-state index contributed by atoms with van der Waals surface area (Å²) in [5.41, 5.74) is 8.21. The average molecular weight is 277 g/mol. The standard InChI is InChI=1S/C14H23N5O/c1-4-20-11-5-7-19(8-6-11)14-12(13(15)16)9(2)10(3)17-18-14/h11H,4-8H2,1-3H3,(H3,15,16). The van der Waals surface area contributed by atoms with E-state index in [2.05, 4.69) is 15.1 Å². The van der Waals surface area contributed by atoms with Gasteiger partial charge in [-0.2, -0.15) is 5.10 Å². The Balaban J connectivity index is 2.22. The summed E-state index contributed by atoms with van der Waals surface area (Å²) in [5.74, 6) is 0.790. The predicted molar refractivity (Wildman–Crippen MR) is 79.4 cm³/mol. The molecule has 0 radical (unpaired) electrons. The summed E-state index contributed by atoms with van der Waals surface area (Å²) in [6.45, 7) is 8.34. The highest BCUT2D eigenvalue weighted by Gasteiger charge is 2.24. The monoisotopic (exact) mass is 277 g/mol. The fourth-order valence-corrected chi connectivity index (χ4v) is 2.61. The fourth-order valence-electron chi connectivity index (χ4n) is 2.61. The average Bonchev–Trinajstić information content (AvgIpc) is 2.42. The Bertz CT molecular complexity index is 495. The Hall–Kier alpha value is -1.69. The van der Waals surface area contributed by atoms with E-state index < -0.39 is 0 Å². The Labute approximate surface area is 119 Å². The van der Waals surface area contributed by atoms with Crippen LogP contribution in [0.3, 0.4) is 0 Å². The minimum Gasteiger partial charge on any atom is -0.384 e. The number of piperidine rings is 1. The summed E-state index contributed by atoms with van der Waals surface area (Å²) in [7, 11) is 0. The molecule has 6 heteroatoms. The summed E-state index contributed by atoms with van der Waals surface area (Å²) in [6, 6.07) is 0. The van der Waals surface area contributed by atoms with Crippen molar-refractivity contribution in [3.63, 3.8) is 0 Å². The number of anilines is 1. The van der Waals surface area contributed by atoms with E-state index in [1.807, 2.05) is 20.8 Å². The van der Waals surface area contributed by atoms with E-state index in [1.54, 1.807) is 0 Å². The molecule has 1 aromatic rings. The van der Waals surface area contributed by atoms with E-state index in [1.165, 1.54) is 0 Å². The first-order valence-corrected chi connectivity index (χ1v) is 7.09. The van der Waals surface area contributed by atoms with Crippen LogP contribution >= 0.6 is 0 Å². The van der Waals surface area contributed by atoms with Crippen molar-refractivity contribution in [3.8, 4) is 0 Å². The van der Waals surface area contributed by atoms with Crippen molar-refractivity contribution in [2.45, 2.75) is 39.7 Å². The molecule has 0 saturated carbocycles. The molecule has 0 aromatic carbocycles. The zero-order valence-electron chi connectivity index (χ0n) is 12.4. The van der Waals surface area contributed by atoms with Gasteiger partial charge in [0, 0.05) is 19.7 Å². The normalized spacial score (nSPS) is 16.4. The van der Waals surface area contributed by atoms with E-state index in [4.69, 9.17) is 15.9 Å². The van der Waals surface area contributed by atoms with Gasteiger partial charge < -0.3 is 15.4 Å². The van der Waals surface area contributed by atoms with Gasteiger partial charge in [0.25, 0.3) is 0 Å². The van der Waals surface area contributed by atoms with Gasteiger partial charge in [-0.3, -0.25) is 5.41 Å². The third-order valence-electron chi connectivity index (χ3n) is 3.85. The molecular weight excluding hydrogens is 254 g/mol. The number of ether oxygens (including phenoxy) is 1. The lowest BCUT2D eigenvalue weighted by Crippen LogP contribution is -2.39. The van der Waals surface area contributed by atoms with Crippen LogP contribution in [0.15, 0.2) is 0 Å². The minimum absolute atomic E-state index is 0.0578. The van der Waals surface area contributed by atoms with Crippen molar-refractivity contribution < 1.29 is 4.74 Å². The van der Waals surface area contributed by atoms with Crippen molar-refractivity contribution in [2.24, 2.45) is 5.73 Å². The maximum atomic E-state index is 7.80. The highest BCUT2D eigenvalue weighted by atomic mass is 16.5.